The monoisotopic (exact) mass is 249 g/mol. The molecule has 1 unspecified atom stereocenters. The fourth-order valence-corrected chi connectivity index (χ4v) is 1.90. The Bertz CT molecular complexity index is 581. The summed E-state index contributed by atoms with van der Waals surface area (Å²) in [5.41, 5.74) is 2.97. The number of rotatable bonds is 3. The van der Waals surface area contributed by atoms with Crippen molar-refractivity contribution in [3.05, 3.63) is 48.2 Å². The van der Waals surface area contributed by atoms with Gasteiger partial charge < -0.3 is 10.1 Å². The highest BCUT2D eigenvalue weighted by molar-refractivity contribution is 5.67. The number of ether oxygens (including phenoxy) is 1. The number of terminal acetylenes is 2. The number of allylic oxidation sites excluding steroid dienone is 2. The van der Waals surface area contributed by atoms with E-state index in [1.165, 1.54) is 0 Å². The standard InChI is InChI=1S/C17H15NO/c1-4-12-19-16-9-6-15(7-10-16)17-11-8-14(5-2)13(3)18-17/h1-2,6-7,9-11,14,18H,3,8,12H2. The Labute approximate surface area is 114 Å². The Morgan fingerprint density at radius 1 is 1.32 bits per heavy atom. The van der Waals surface area contributed by atoms with Crippen LogP contribution in [0.5, 0.6) is 5.75 Å². The molecule has 0 aliphatic carbocycles. The molecule has 0 fully saturated rings. The quantitative estimate of drug-likeness (QED) is 0.832. The van der Waals surface area contributed by atoms with Crippen molar-refractivity contribution in [2.75, 3.05) is 6.61 Å². The molecule has 0 spiro atoms. The molecule has 1 N–H and O–H groups in total. The largest absolute Gasteiger partial charge is 0.481 e. The van der Waals surface area contributed by atoms with Crippen molar-refractivity contribution in [2.24, 2.45) is 5.92 Å². The average Bonchev–Trinajstić information content (AvgIpc) is 2.45. The molecule has 1 aromatic carbocycles. The first-order valence-corrected chi connectivity index (χ1v) is 6.03. The van der Waals surface area contributed by atoms with Crippen molar-refractivity contribution in [3.63, 3.8) is 0 Å². The fourth-order valence-electron chi connectivity index (χ4n) is 1.90. The molecule has 0 saturated carbocycles. The Kier molecular flexibility index (Phi) is 3.96. The molecule has 1 aliphatic rings. The van der Waals surface area contributed by atoms with Crippen LogP contribution < -0.4 is 10.1 Å². The predicted molar refractivity (Wildman–Crippen MR) is 78.0 cm³/mol. The number of benzene rings is 1. The predicted octanol–water partition coefficient (Wildman–Crippen LogP) is 2.80. The van der Waals surface area contributed by atoms with Crippen molar-refractivity contribution in [2.45, 2.75) is 6.42 Å². The third-order valence-electron chi connectivity index (χ3n) is 2.96. The molecule has 2 rings (SSSR count). The van der Waals surface area contributed by atoms with Gasteiger partial charge in [0.2, 0.25) is 0 Å². The van der Waals surface area contributed by atoms with Gasteiger partial charge in [-0.1, -0.05) is 24.5 Å². The van der Waals surface area contributed by atoms with Gasteiger partial charge in [0.1, 0.15) is 12.4 Å². The molecular formula is C17H15NO. The van der Waals surface area contributed by atoms with Crippen LogP contribution in [-0.4, -0.2) is 6.61 Å². The SMILES string of the molecule is C#CCOc1ccc(C2=CCC(C#C)C(=C)N2)cc1. The van der Waals surface area contributed by atoms with Crippen LogP contribution >= 0.6 is 0 Å². The first-order valence-electron chi connectivity index (χ1n) is 6.03. The van der Waals surface area contributed by atoms with Gasteiger partial charge in [0.05, 0.1) is 5.92 Å². The molecule has 2 nitrogen and oxygen atoms in total. The topological polar surface area (TPSA) is 21.3 Å². The second-order valence-electron chi connectivity index (χ2n) is 4.24. The summed E-state index contributed by atoms with van der Waals surface area (Å²) >= 11 is 0. The molecule has 0 bridgehead atoms. The van der Waals surface area contributed by atoms with Crippen molar-refractivity contribution in [1.82, 2.24) is 5.32 Å². The second kappa shape index (κ2) is 5.85. The van der Waals surface area contributed by atoms with Gasteiger partial charge in [-0.05, 0) is 36.2 Å². The summed E-state index contributed by atoms with van der Waals surface area (Å²) in [6, 6.07) is 7.75. The van der Waals surface area contributed by atoms with Crippen LogP contribution in [0.2, 0.25) is 0 Å². The zero-order valence-corrected chi connectivity index (χ0v) is 10.6. The Hall–Kier alpha value is -2.58. The van der Waals surface area contributed by atoms with E-state index >= 15 is 0 Å². The summed E-state index contributed by atoms with van der Waals surface area (Å²) in [6.45, 7) is 4.24. The lowest BCUT2D eigenvalue weighted by Crippen LogP contribution is -2.21. The minimum Gasteiger partial charge on any atom is -0.481 e. The molecule has 94 valence electrons. The first-order chi connectivity index (χ1) is 9.24. The van der Waals surface area contributed by atoms with E-state index in [4.69, 9.17) is 17.6 Å². The van der Waals surface area contributed by atoms with Crippen LogP contribution in [0, 0.1) is 30.6 Å². The fraction of sp³-hybridized carbons (Fsp3) is 0.176. The summed E-state index contributed by atoms with van der Waals surface area (Å²) in [6.07, 6.45) is 13.5. The highest BCUT2D eigenvalue weighted by atomic mass is 16.5. The number of hydrogen-bond acceptors (Lipinski definition) is 2. The molecule has 0 saturated heterocycles. The molecule has 1 heterocycles. The molecule has 1 aromatic rings. The zero-order chi connectivity index (χ0) is 13.7. The lowest BCUT2D eigenvalue weighted by atomic mass is 9.96. The van der Waals surface area contributed by atoms with Gasteiger partial charge in [0, 0.05) is 11.4 Å². The minimum absolute atomic E-state index is 0.0713. The molecule has 0 aromatic heterocycles. The minimum atomic E-state index is 0.0713. The lowest BCUT2D eigenvalue weighted by Gasteiger charge is -2.23. The van der Waals surface area contributed by atoms with E-state index in [-0.39, 0.29) is 12.5 Å². The maximum atomic E-state index is 5.43. The van der Waals surface area contributed by atoms with E-state index in [9.17, 15) is 0 Å². The van der Waals surface area contributed by atoms with Gasteiger partial charge in [-0.2, -0.15) is 0 Å². The summed E-state index contributed by atoms with van der Waals surface area (Å²) < 4.78 is 5.33. The summed E-state index contributed by atoms with van der Waals surface area (Å²) in [4.78, 5) is 0. The van der Waals surface area contributed by atoms with Crippen LogP contribution in [0.1, 0.15) is 12.0 Å². The Morgan fingerprint density at radius 3 is 2.63 bits per heavy atom. The van der Waals surface area contributed by atoms with Crippen LogP contribution in [0.3, 0.4) is 0 Å². The lowest BCUT2D eigenvalue weighted by molar-refractivity contribution is 0.370. The highest BCUT2D eigenvalue weighted by Gasteiger charge is 2.16. The van der Waals surface area contributed by atoms with E-state index in [0.29, 0.717) is 0 Å². The van der Waals surface area contributed by atoms with Crippen LogP contribution in [0.4, 0.5) is 0 Å². The first kappa shape index (κ1) is 12.9. The van der Waals surface area contributed by atoms with Crippen LogP contribution in [-0.2, 0) is 0 Å². The van der Waals surface area contributed by atoms with Crippen molar-refractivity contribution in [1.29, 1.82) is 0 Å². The molecule has 19 heavy (non-hydrogen) atoms. The normalized spacial score (nSPS) is 17.7. The summed E-state index contributed by atoms with van der Waals surface area (Å²) in [5.74, 6) is 5.98. The van der Waals surface area contributed by atoms with Gasteiger partial charge in [0.25, 0.3) is 0 Å². The van der Waals surface area contributed by atoms with Crippen molar-refractivity contribution >= 4 is 5.70 Å². The molecule has 1 atom stereocenters. The third-order valence-corrected chi connectivity index (χ3v) is 2.96. The maximum Gasteiger partial charge on any atom is 0.148 e. The Balaban J connectivity index is 2.11. The second-order valence-corrected chi connectivity index (χ2v) is 4.24. The van der Waals surface area contributed by atoms with E-state index in [0.717, 1.165) is 29.1 Å². The zero-order valence-electron chi connectivity index (χ0n) is 10.6. The Morgan fingerprint density at radius 2 is 2.05 bits per heavy atom. The molecule has 1 aliphatic heterocycles. The van der Waals surface area contributed by atoms with E-state index in [1.54, 1.807) is 0 Å². The van der Waals surface area contributed by atoms with Gasteiger partial charge in [-0.3, -0.25) is 0 Å². The number of nitrogens with one attached hydrogen (secondary N) is 1. The van der Waals surface area contributed by atoms with Crippen molar-refractivity contribution in [3.8, 4) is 30.4 Å². The van der Waals surface area contributed by atoms with E-state index in [1.807, 2.05) is 24.3 Å². The highest BCUT2D eigenvalue weighted by Crippen LogP contribution is 2.25. The summed E-state index contributed by atoms with van der Waals surface area (Å²) in [7, 11) is 0. The van der Waals surface area contributed by atoms with E-state index in [2.05, 4.69) is 29.8 Å². The smallest absolute Gasteiger partial charge is 0.148 e. The average molecular weight is 249 g/mol. The third kappa shape index (κ3) is 3.00. The van der Waals surface area contributed by atoms with Gasteiger partial charge in [-0.15, -0.1) is 12.8 Å². The van der Waals surface area contributed by atoms with Gasteiger partial charge in [0.15, 0.2) is 0 Å². The molecular weight excluding hydrogens is 234 g/mol. The molecule has 0 amide bonds. The van der Waals surface area contributed by atoms with Gasteiger partial charge in [-0.25, -0.2) is 0 Å². The van der Waals surface area contributed by atoms with Crippen molar-refractivity contribution < 1.29 is 4.74 Å². The number of hydrogen-bond donors (Lipinski definition) is 1. The van der Waals surface area contributed by atoms with Gasteiger partial charge >= 0.3 is 0 Å². The maximum absolute atomic E-state index is 5.43. The molecule has 2 heteroatoms. The summed E-state index contributed by atoms with van der Waals surface area (Å²) in [5, 5.41) is 3.25. The van der Waals surface area contributed by atoms with Crippen LogP contribution in [0.25, 0.3) is 5.70 Å². The molecule has 0 radical (unpaired) electrons. The van der Waals surface area contributed by atoms with E-state index < -0.39 is 0 Å². The van der Waals surface area contributed by atoms with Crippen LogP contribution in [0.15, 0.2) is 42.6 Å².